The third kappa shape index (κ3) is 6.18. The number of alkyl halides is 2. The van der Waals surface area contributed by atoms with Gasteiger partial charge < -0.3 is 14.4 Å². The molecule has 0 saturated carbocycles. The number of halogens is 3. The Morgan fingerprint density at radius 1 is 1.40 bits per heavy atom. The van der Waals surface area contributed by atoms with Gasteiger partial charge in [0, 0.05) is 21.7 Å². The lowest BCUT2D eigenvalue weighted by Gasteiger charge is -2.35. The summed E-state index contributed by atoms with van der Waals surface area (Å²) in [6.07, 6.45) is 1.09. The average Bonchev–Trinajstić information content (AvgIpc) is 2.53. The molecule has 1 aliphatic rings. The number of hydrogen-bond acceptors (Lipinski definition) is 7. The van der Waals surface area contributed by atoms with E-state index in [0.717, 1.165) is 15.1 Å². The van der Waals surface area contributed by atoms with Crippen LogP contribution in [0.4, 0.5) is 5.82 Å². The van der Waals surface area contributed by atoms with Crippen molar-refractivity contribution in [2.45, 2.75) is 24.8 Å². The van der Waals surface area contributed by atoms with Crippen molar-refractivity contribution >= 4 is 72.4 Å². The molecular formula is C14H20ClI2N3O4S. The number of anilines is 1. The summed E-state index contributed by atoms with van der Waals surface area (Å²) in [4.78, 5) is 10.5. The average molecular weight is 616 g/mol. The molecular weight excluding hydrogens is 595 g/mol. The summed E-state index contributed by atoms with van der Waals surface area (Å²) in [6, 6.07) is 0.0748. The highest BCUT2D eigenvalue weighted by Gasteiger charge is 2.29. The Bertz CT molecular complexity index is 704. The summed E-state index contributed by atoms with van der Waals surface area (Å²) in [5.41, 5.74) is 0.302. The van der Waals surface area contributed by atoms with Crippen molar-refractivity contribution in [2.24, 2.45) is 0 Å². The third-order valence-electron chi connectivity index (χ3n) is 3.56. The molecule has 11 heteroatoms. The molecule has 1 atom stereocenters. The fourth-order valence-corrected chi connectivity index (χ4v) is 5.48. The van der Waals surface area contributed by atoms with Gasteiger partial charge in [0.05, 0.1) is 25.0 Å². The number of nitrogens with zero attached hydrogens (tertiary/aromatic N) is 3. The minimum Gasteiger partial charge on any atom is -0.483 e. The minimum atomic E-state index is -3.30. The largest absolute Gasteiger partial charge is 0.483 e. The Kier molecular flexibility index (Phi) is 8.23. The van der Waals surface area contributed by atoms with E-state index in [1.165, 1.54) is 0 Å². The van der Waals surface area contributed by atoms with E-state index in [4.69, 9.17) is 21.1 Å². The SMILES string of the molecule is C[C@@H]1COCCN1c1nc(Cl)nc(CS(C)(=O)=O)c1OC(CI)CI. The fraction of sp³-hybridized carbons (Fsp3) is 0.714. The molecule has 0 N–H and O–H groups in total. The van der Waals surface area contributed by atoms with Gasteiger partial charge in [0.15, 0.2) is 21.4 Å². The molecule has 1 fully saturated rings. The molecule has 142 valence electrons. The van der Waals surface area contributed by atoms with Crippen molar-refractivity contribution in [1.29, 1.82) is 0 Å². The summed E-state index contributed by atoms with van der Waals surface area (Å²) >= 11 is 10.6. The number of rotatable bonds is 7. The van der Waals surface area contributed by atoms with Crippen LogP contribution in [0.3, 0.4) is 0 Å². The monoisotopic (exact) mass is 615 g/mol. The van der Waals surface area contributed by atoms with Crippen molar-refractivity contribution in [3.63, 3.8) is 0 Å². The van der Waals surface area contributed by atoms with Gasteiger partial charge in [0.2, 0.25) is 5.28 Å². The van der Waals surface area contributed by atoms with Crippen LogP contribution in [-0.2, 0) is 20.3 Å². The molecule has 7 nitrogen and oxygen atoms in total. The molecule has 0 radical (unpaired) electrons. The van der Waals surface area contributed by atoms with Gasteiger partial charge in [-0.05, 0) is 18.5 Å². The Morgan fingerprint density at radius 2 is 2.08 bits per heavy atom. The van der Waals surface area contributed by atoms with Gasteiger partial charge in [-0.2, -0.15) is 4.98 Å². The van der Waals surface area contributed by atoms with E-state index in [1.54, 1.807) is 0 Å². The molecule has 0 aliphatic carbocycles. The van der Waals surface area contributed by atoms with Crippen LogP contribution in [0.25, 0.3) is 0 Å². The molecule has 1 aliphatic heterocycles. The maximum atomic E-state index is 11.8. The Labute approximate surface area is 180 Å². The Balaban J connectivity index is 2.54. The smallest absolute Gasteiger partial charge is 0.224 e. The summed E-state index contributed by atoms with van der Waals surface area (Å²) < 4.78 is 36.8. The van der Waals surface area contributed by atoms with Crippen molar-refractivity contribution < 1.29 is 17.9 Å². The Hall–Kier alpha value is 0.340. The normalized spacial score (nSPS) is 18.6. The van der Waals surface area contributed by atoms with Gasteiger partial charge in [-0.3, -0.25) is 0 Å². The van der Waals surface area contributed by atoms with E-state index in [9.17, 15) is 8.42 Å². The van der Waals surface area contributed by atoms with Crippen molar-refractivity contribution in [3.8, 4) is 5.75 Å². The van der Waals surface area contributed by atoms with E-state index < -0.39 is 9.84 Å². The number of morpholine rings is 1. The van der Waals surface area contributed by atoms with Crippen molar-refractivity contribution in [1.82, 2.24) is 9.97 Å². The quantitative estimate of drug-likeness (QED) is 0.265. The van der Waals surface area contributed by atoms with Gasteiger partial charge in [-0.25, -0.2) is 13.4 Å². The first kappa shape index (κ1) is 21.6. The molecule has 0 amide bonds. The van der Waals surface area contributed by atoms with E-state index in [2.05, 4.69) is 55.1 Å². The first-order valence-electron chi connectivity index (χ1n) is 7.62. The standard InChI is InChI=1S/C14H20ClI2N3O4S/c1-9-7-23-4-3-20(9)13-12(24-10(5-16)6-17)11(8-25(2,21)22)18-14(15)19-13/h9-10H,3-8H2,1-2H3/t9-/m1/s1. The van der Waals surface area contributed by atoms with Crippen molar-refractivity contribution in [2.75, 3.05) is 39.8 Å². The molecule has 0 aromatic carbocycles. The zero-order chi connectivity index (χ0) is 18.6. The lowest BCUT2D eigenvalue weighted by molar-refractivity contribution is 0.0979. The maximum absolute atomic E-state index is 11.8. The summed E-state index contributed by atoms with van der Waals surface area (Å²) in [6.45, 7) is 3.77. The van der Waals surface area contributed by atoms with E-state index in [-0.39, 0.29) is 23.2 Å². The molecule has 2 heterocycles. The minimum absolute atomic E-state index is 0.0141. The fourth-order valence-electron chi connectivity index (χ4n) is 2.43. The Morgan fingerprint density at radius 3 is 2.64 bits per heavy atom. The van der Waals surface area contributed by atoms with Crippen molar-refractivity contribution in [3.05, 3.63) is 11.0 Å². The molecule has 1 aromatic rings. The molecule has 0 bridgehead atoms. The first-order valence-corrected chi connectivity index (χ1v) is 13.1. The number of aromatic nitrogens is 2. The highest BCUT2D eigenvalue weighted by molar-refractivity contribution is 14.1. The summed E-state index contributed by atoms with van der Waals surface area (Å²) in [7, 11) is -3.30. The van der Waals surface area contributed by atoms with Gasteiger partial charge in [0.1, 0.15) is 11.8 Å². The molecule has 0 spiro atoms. The van der Waals surface area contributed by atoms with Crippen LogP contribution in [0.15, 0.2) is 0 Å². The predicted molar refractivity (Wildman–Crippen MR) is 115 cm³/mol. The number of sulfone groups is 1. The van der Waals surface area contributed by atoms with E-state index in [1.807, 2.05) is 11.8 Å². The van der Waals surface area contributed by atoms with E-state index >= 15 is 0 Å². The maximum Gasteiger partial charge on any atom is 0.224 e. The van der Waals surface area contributed by atoms with Gasteiger partial charge in [-0.15, -0.1) is 0 Å². The van der Waals surface area contributed by atoms with Crippen LogP contribution in [0.1, 0.15) is 12.6 Å². The van der Waals surface area contributed by atoms with Crippen LogP contribution in [0.5, 0.6) is 5.75 Å². The lowest BCUT2D eigenvalue weighted by Crippen LogP contribution is -2.44. The van der Waals surface area contributed by atoms with Crippen LogP contribution in [0, 0.1) is 0 Å². The molecule has 25 heavy (non-hydrogen) atoms. The molecule has 1 saturated heterocycles. The zero-order valence-corrected chi connectivity index (χ0v) is 19.8. The van der Waals surface area contributed by atoms with Crippen LogP contribution in [-0.4, -0.2) is 65.4 Å². The van der Waals surface area contributed by atoms with Gasteiger partial charge in [0.25, 0.3) is 0 Å². The highest BCUT2D eigenvalue weighted by Crippen LogP contribution is 2.35. The summed E-state index contributed by atoms with van der Waals surface area (Å²) in [5.74, 6) is 0.696. The number of ether oxygens (including phenoxy) is 2. The van der Waals surface area contributed by atoms with Crippen LogP contribution in [0.2, 0.25) is 5.28 Å². The molecule has 1 aromatic heterocycles. The second kappa shape index (κ2) is 9.51. The van der Waals surface area contributed by atoms with Gasteiger partial charge >= 0.3 is 0 Å². The van der Waals surface area contributed by atoms with Crippen LogP contribution >= 0.6 is 56.8 Å². The predicted octanol–water partition coefficient (Wildman–Crippen LogP) is 2.52. The van der Waals surface area contributed by atoms with Gasteiger partial charge in [-0.1, -0.05) is 45.2 Å². The lowest BCUT2D eigenvalue weighted by atomic mass is 10.2. The zero-order valence-electron chi connectivity index (χ0n) is 13.9. The first-order chi connectivity index (χ1) is 11.7. The molecule has 0 unspecified atom stereocenters. The number of hydrogen-bond donors (Lipinski definition) is 0. The third-order valence-corrected chi connectivity index (χ3v) is 6.49. The summed E-state index contributed by atoms with van der Waals surface area (Å²) in [5, 5.41) is 0.0141. The van der Waals surface area contributed by atoms with E-state index in [0.29, 0.717) is 37.0 Å². The second-order valence-electron chi connectivity index (χ2n) is 5.83. The topological polar surface area (TPSA) is 81.6 Å². The second-order valence-corrected chi connectivity index (χ2v) is 10.1. The molecule has 2 rings (SSSR count). The van der Waals surface area contributed by atoms with Crippen LogP contribution < -0.4 is 9.64 Å². The highest BCUT2D eigenvalue weighted by atomic mass is 127.